The molecule has 19 heteroatoms. The molecule has 0 atom stereocenters. The quantitative estimate of drug-likeness (QED) is 0.263. The molecule has 0 amide bonds. The Balaban J connectivity index is 1.53. The third kappa shape index (κ3) is 6.60. The summed E-state index contributed by atoms with van der Waals surface area (Å²) < 4.78 is 68.8. The van der Waals surface area contributed by atoms with Crippen LogP contribution in [0.2, 0.25) is 0 Å². The van der Waals surface area contributed by atoms with Crippen molar-refractivity contribution in [3.63, 3.8) is 0 Å². The van der Waals surface area contributed by atoms with Crippen LogP contribution >= 0.6 is 41.1 Å². The van der Waals surface area contributed by atoms with Crippen molar-refractivity contribution in [1.29, 1.82) is 0 Å². The van der Waals surface area contributed by atoms with Gasteiger partial charge in [-0.15, -0.1) is 0 Å². The third-order valence-corrected chi connectivity index (χ3v) is 49.7. The summed E-state index contributed by atoms with van der Waals surface area (Å²) in [6.45, 7) is 0. The molecule has 2 aliphatic rings. The van der Waals surface area contributed by atoms with Gasteiger partial charge in [0.05, 0.1) is 0 Å². The fourth-order valence-corrected chi connectivity index (χ4v) is 54.6. The standard InChI is InChI=1S/2C6H6S.3H4NO3P.2Sn/c2*7-6-4-2-1-3-5-6;3*1-5(2,3)4;;/h2*1-5,7H;3*(H4,1,2,3,4);;/q;;;;;2*+4/p-8. The van der Waals surface area contributed by atoms with Crippen LogP contribution in [0.15, 0.2) is 70.5 Å². The summed E-state index contributed by atoms with van der Waals surface area (Å²) in [7, 11) is -10.2. The van der Waals surface area contributed by atoms with Gasteiger partial charge in [-0.2, -0.15) is 0 Å². The first kappa shape index (κ1) is 25.2. The van der Waals surface area contributed by atoms with Gasteiger partial charge in [-0.05, 0) is 0 Å². The van der Waals surface area contributed by atoms with Crippen LogP contribution in [0.1, 0.15) is 0 Å². The van der Waals surface area contributed by atoms with Crippen LogP contribution in [0.25, 0.3) is 0 Å². The van der Waals surface area contributed by atoms with E-state index in [1.807, 2.05) is 0 Å². The zero-order chi connectivity index (χ0) is 22.4. The summed E-state index contributed by atoms with van der Waals surface area (Å²) in [5.74, 6) is 0. The molecule has 0 saturated carbocycles. The van der Waals surface area contributed by atoms with Crippen molar-refractivity contribution in [3.05, 3.63) is 60.7 Å². The van der Waals surface area contributed by atoms with Gasteiger partial charge in [0, 0.05) is 0 Å². The van der Waals surface area contributed by atoms with Crippen LogP contribution in [-0.2, 0) is 30.9 Å². The topological polar surface area (TPSA) is 185 Å². The average molecular weight is 741 g/mol. The Morgan fingerprint density at radius 1 is 0.742 bits per heavy atom. The predicted molar refractivity (Wildman–Crippen MR) is 118 cm³/mol. The molecule has 0 radical (unpaired) electrons. The number of hydrogen-bond donors (Lipinski definition) is 3. The summed E-state index contributed by atoms with van der Waals surface area (Å²) in [5.41, 5.74) is 16.6. The van der Waals surface area contributed by atoms with Crippen LogP contribution in [0.4, 0.5) is 0 Å². The van der Waals surface area contributed by atoms with Crippen molar-refractivity contribution in [2.45, 2.75) is 9.79 Å². The SMILES string of the molecule is NP1(=O)[O][Sn]([O]P(N)(=O)[O][Sn]2([S]c3ccccc3)[O]P(N)(=O)[O]2)([S]c2ccccc2)[O]1. The van der Waals surface area contributed by atoms with Gasteiger partial charge >= 0.3 is 195 Å². The molecule has 0 aliphatic carbocycles. The van der Waals surface area contributed by atoms with Gasteiger partial charge in [-0.1, -0.05) is 0 Å². The van der Waals surface area contributed by atoms with Gasteiger partial charge in [0.2, 0.25) is 0 Å². The number of benzene rings is 2. The van der Waals surface area contributed by atoms with E-state index in [-0.39, 0.29) is 0 Å². The summed E-state index contributed by atoms with van der Waals surface area (Å²) in [4.78, 5) is 1.27. The summed E-state index contributed by atoms with van der Waals surface area (Å²) in [6, 6.07) is 17.4. The molecule has 2 saturated heterocycles. The van der Waals surface area contributed by atoms with Crippen molar-refractivity contribution in [2.75, 3.05) is 0 Å². The van der Waals surface area contributed by atoms with Crippen LogP contribution in [0.3, 0.4) is 0 Å². The van der Waals surface area contributed by atoms with E-state index < -0.39 is 59.7 Å². The van der Waals surface area contributed by atoms with Crippen LogP contribution in [0.5, 0.6) is 0 Å². The maximum absolute atomic E-state index is 13.1. The minimum atomic E-state index is -4.84. The molecule has 168 valence electrons. The van der Waals surface area contributed by atoms with E-state index in [9.17, 15) is 13.7 Å². The Morgan fingerprint density at radius 3 is 1.35 bits per heavy atom. The summed E-state index contributed by atoms with van der Waals surface area (Å²) >= 11 is -9.67. The summed E-state index contributed by atoms with van der Waals surface area (Å²) in [6.07, 6.45) is 0. The molecule has 0 bridgehead atoms. The number of hydrogen-bond acceptors (Lipinski definition) is 11. The fraction of sp³-hybridized carbons (Fsp3) is 0. The van der Waals surface area contributed by atoms with E-state index in [1.54, 1.807) is 60.7 Å². The van der Waals surface area contributed by atoms with Crippen molar-refractivity contribution >= 4 is 77.6 Å². The first-order chi connectivity index (χ1) is 14.4. The molecule has 4 rings (SSSR count). The molecule has 6 N–H and O–H groups in total. The fourth-order valence-electron chi connectivity index (χ4n) is 2.41. The second-order valence-electron chi connectivity index (χ2n) is 6.00. The second kappa shape index (κ2) is 9.26. The number of rotatable bonds is 8. The normalized spacial score (nSPS) is 36.7. The van der Waals surface area contributed by atoms with E-state index in [0.717, 1.165) is 17.9 Å². The van der Waals surface area contributed by atoms with Crippen molar-refractivity contribution in [2.24, 2.45) is 16.5 Å². The monoisotopic (exact) mass is 743 g/mol. The first-order valence-corrected chi connectivity index (χ1v) is 28.7. The Morgan fingerprint density at radius 2 is 1.06 bits per heavy atom. The molecular formula is C12H16N3O9P3S2Sn2. The molecule has 2 aliphatic heterocycles. The van der Waals surface area contributed by atoms with Gasteiger partial charge < -0.3 is 0 Å². The third-order valence-electron chi connectivity index (χ3n) is 3.41. The van der Waals surface area contributed by atoms with E-state index in [1.165, 1.54) is 0 Å². The molecule has 12 nitrogen and oxygen atoms in total. The van der Waals surface area contributed by atoms with Gasteiger partial charge in [-0.3, -0.25) is 0 Å². The molecule has 2 fully saturated rings. The second-order valence-corrected chi connectivity index (χ2v) is 37.0. The zero-order valence-corrected chi connectivity index (χ0v) is 25.4. The zero-order valence-electron chi connectivity index (χ0n) is 15.3. The van der Waals surface area contributed by atoms with Gasteiger partial charge in [0.15, 0.2) is 0 Å². The van der Waals surface area contributed by atoms with E-state index in [4.69, 9.17) is 33.7 Å². The Labute approximate surface area is 193 Å². The van der Waals surface area contributed by atoms with Crippen LogP contribution in [0, 0.1) is 0 Å². The Hall–Kier alpha value is 1.07. The maximum atomic E-state index is 13.1. The van der Waals surface area contributed by atoms with Crippen molar-refractivity contribution in [1.82, 2.24) is 0 Å². The Bertz CT molecular complexity index is 1010. The van der Waals surface area contributed by atoms with Gasteiger partial charge in [-0.25, -0.2) is 0 Å². The van der Waals surface area contributed by atoms with E-state index in [2.05, 4.69) is 0 Å². The molecule has 0 unspecified atom stereocenters. The van der Waals surface area contributed by atoms with Gasteiger partial charge in [0.1, 0.15) is 0 Å². The van der Waals surface area contributed by atoms with Crippen molar-refractivity contribution < 1.29 is 30.9 Å². The van der Waals surface area contributed by atoms with Crippen molar-refractivity contribution in [3.8, 4) is 0 Å². The van der Waals surface area contributed by atoms with Gasteiger partial charge in [0.25, 0.3) is 0 Å². The molecule has 0 spiro atoms. The Kier molecular flexibility index (Phi) is 7.52. The molecule has 31 heavy (non-hydrogen) atoms. The van der Waals surface area contributed by atoms with Crippen LogP contribution in [-0.4, -0.2) is 36.5 Å². The predicted octanol–water partition coefficient (Wildman–Crippen LogP) is 3.77. The molecule has 2 aromatic carbocycles. The van der Waals surface area contributed by atoms with E-state index in [0.29, 0.717) is 9.79 Å². The first-order valence-electron chi connectivity index (χ1n) is 8.28. The minimum absolute atomic E-state index is 0.637. The molecule has 2 heterocycles. The van der Waals surface area contributed by atoms with E-state index >= 15 is 0 Å². The molecular weight excluding hydrogens is 725 g/mol. The molecule has 2 aromatic rings. The summed E-state index contributed by atoms with van der Waals surface area (Å²) in [5, 5.41) is 0. The van der Waals surface area contributed by atoms with Crippen LogP contribution < -0.4 is 16.5 Å². The molecule has 0 aromatic heterocycles. The average Bonchev–Trinajstić information content (AvgIpc) is 2.58. The number of nitrogens with two attached hydrogens (primary N) is 3.